The number of aliphatic imine (C=N–C) groups is 1. The van der Waals surface area contributed by atoms with Crippen LogP contribution in [0.2, 0.25) is 5.02 Å². The molecule has 2 N–H and O–H groups in total. The molecule has 6 nitrogen and oxygen atoms in total. The maximum Gasteiger partial charge on any atom is 0.191 e. The van der Waals surface area contributed by atoms with Gasteiger partial charge in [0.1, 0.15) is 11.9 Å². The molecular weight excluding hydrogens is 366 g/mol. The van der Waals surface area contributed by atoms with E-state index >= 15 is 0 Å². The predicted molar refractivity (Wildman–Crippen MR) is 110 cm³/mol. The first kappa shape index (κ1) is 21.8. The number of guanidine groups is 1. The smallest absolute Gasteiger partial charge is 0.191 e. The highest BCUT2D eigenvalue weighted by Gasteiger charge is 2.13. The summed E-state index contributed by atoms with van der Waals surface area (Å²) in [6.07, 6.45) is 3.27. The molecule has 1 fully saturated rings. The first-order valence-electron chi connectivity index (χ1n) is 9.81. The van der Waals surface area contributed by atoms with E-state index in [0.29, 0.717) is 17.7 Å². The van der Waals surface area contributed by atoms with E-state index < -0.39 is 0 Å². The summed E-state index contributed by atoms with van der Waals surface area (Å²) in [6, 6.07) is 7.37. The molecule has 1 aliphatic heterocycles. The number of nitrogens with zero attached hydrogens (tertiary/aromatic N) is 1. The fourth-order valence-corrected chi connectivity index (χ4v) is 2.84. The van der Waals surface area contributed by atoms with E-state index in [0.717, 1.165) is 63.9 Å². The highest BCUT2D eigenvalue weighted by atomic mass is 35.5. The third kappa shape index (κ3) is 9.31. The zero-order valence-corrected chi connectivity index (χ0v) is 17.1. The van der Waals surface area contributed by atoms with Crippen molar-refractivity contribution in [2.75, 3.05) is 39.5 Å². The predicted octanol–water partition coefficient (Wildman–Crippen LogP) is 3.25. The van der Waals surface area contributed by atoms with Crippen LogP contribution in [0.1, 0.15) is 33.1 Å². The number of ether oxygens (including phenoxy) is 3. The zero-order valence-electron chi connectivity index (χ0n) is 16.4. The van der Waals surface area contributed by atoms with E-state index in [1.54, 1.807) is 0 Å². The molecule has 1 aliphatic rings. The Labute approximate surface area is 167 Å². The molecule has 1 aromatic rings. The molecule has 1 unspecified atom stereocenters. The first-order chi connectivity index (χ1) is 13.2. The monoisotopic (exact) mass is 397 g/mol. The Hall–Kier alpha value is -1.50. The van der Waals surface area contributed by atoms with Crippen LogP contribution in [0.5, 0.6) is 5.75 Å². The fraction of sp³-hybridized carbons (Fsp3) is 0.650. The van der Waals surface area contributed by atoms with Gasteiger partial charge in [0.2, 0.25) is 0 Å². The standard InChI is InChI=1S/C20H32ClN3O3/c1-3-22-20(23-11-4-12-26-18-9-13-25-14-10-18)24-15-16(2)27-19-7-5-17(21)6-8-19/h5-8,16,18H,3-4,9-15H2,1-2H3,(H2,22,23,24). The second kappa shape index (κ2) is 12.8. The van der Waals surface area contributed by atoms with E-state index in [1.165, 1.54) is 0 Å². The molecule has 1 heterocycles. The Morgan fingerprint density at radius 2 is 2.00 bits per heavy atom. The number of nitrogens with one attached hydrogen (secondary N) is 2. The lowest BCUT2D eigenvalue weighted by Crippen LogP contribution is -2.39. The minimum Gasteiger partial charge on any atom is -0.489 e. The van der Waals surface area contributed by atoms with Crippen molar-refractivity contribution >= 4 is 17.6 Å². The lowest BCUT2D eigenvalue weighted by Gasteiger charge is -2.22. The highest BCUT2D eigenvalue weighted by Crippen LogP contribution is 2.16. The van der Waals surface area contributed by atoms with E-state index in [9.17, 15) is 0 Å². The van der Waals surface area contributed by atoms with E-state index in [1.807, 2.05) is 31.2 Å². The molecule has 0 aliphatic carbocycles. The van der Waals surface area contributed by atoms with Gasteiger partial charge in [-0.05, 0) is 57.4 Å². The van der Waals surface area contributed by atoms with Crippen molar-refractivity contribution in [3.05, 3.63) is 29.3 Å². The summed E-state index contributed by atoms with van der Waals surface area (Å²) in [5, 5.41) is 7.31. The fourth-order valence-electron chi connectivity index (χ4n) is 2.72. The molecular formula is C20H32ClN3O3. The SMILES string of the molecule is CCNC(=NCC(C)Oc1ccc(Cl)cc1)NCCCOC1CCOCC1. The van der Waals surface area contributed by atoms with Gasteiger partial charge in [0.05, 0.1) is 12.6 Å². The summed E-state index contributed by atoms with van der Waals surface area (Å²) in [6.45, 7) is 8.65. The van der Waals surface area contributed by atoms with Gasteiger partial charge in [-0.15, -0.1) is 0 Å². The van der Waals surface area contributed by atoms with Crippen molar-refractivity contribution in [3.63, 3.8) is 0 Å². The number of hydrogen-bond acceptors (Lipinski definition) is 4. The largest absolute Gasteiger partial charge is 0.489 e. The van der Waals surface area contributed by atoms with E-state index in [2.05, 4.69) is 22.5 Å². The normalized spacial score (nSPS) is 16.8. The van der Waals surface area contributed by atoms with Crippen molar-refractivity contribution in [2.45, 2.75) is 45.3 Å². The molecule has 1 saturated heterocycles. The molecule has 0 aromatic heterocycles. The second-order valence-electron chi connectivity index (χ2n) is 6.56. The molecule has 0 radical (unpaired) electrons. The Morgan fingerprint density at radius 1 is 1.26 bits per heavy atom. The van der Waals surface area contributed by atoms with Crippen LogP contribution >= 0.6 is 11.6 Å². The summed E-state index contributed by atoms with van der Waals surface area (Å²) in [4.78, 5) is 4.60. The van der Waals surface area contributed by atoms with Gasteiger partial charge >= 0.3 is 0 Å². The summed E-state index contributed by atoms with van der Waals surface area (Å²) in [5.41, 5.74) is 0. The maximum absolute atomic E-state index is 5.89. The Kier molecular flexibility index (Phi) is 10.3. The minimum atomic E-state index is -0.0292. The van der Waals surface area contributed by atoms with Crippen LogP contribution in [0, 0.1) is 0 Å². The van der Waals surface area contributed by atoms with Crippen molar-refractivity contribution in [1.29, 1.82) is 0 Å². The van der Waals surface area contributed by atoms with Gasteiger partial charge in [0.15, 0.2) is 5.96 Å². The average molecular weight is 398 g/mol. The molecule has 1 atom stereocenters. The number of halogens is 1. The van der Waals surface area contributed by atoms with Crippen molar-refractivity contribution < 1.29 is 14.2 Å². The Balaban J connectivity index is 1.65. The van der Waals surface area contributed by atoms with Gasteiger partial charge in [0, 0.05) is 37.9 Å². The number of hydrogen-bond donors (Lipinski definition) is 2. The Bertz CT molecular complexity index is 548. The van der Waals surface area contributed by atoms with Gasteiger partial charge < -0.3 is 24.8 Å². The average Bonchev–Trinajstić information content (AvgIpc) is 2.68. The molecule has 0 bridgehead atoms. The van der Waals surface area contributed by atoms with Crippen LogP contribution in [-0.2, 0) is 9.47 Å². The molecule has 27 heavy (non-hydrogen) atoms. The Morgan fingerprint density at radius 3 is 2.70 bits per heavy atom. The van der Waals surface area contributed by atoms with Crippen LogP contribution < -0.4 is 15.4 Å². The molecule has 0 amide bonds. The lowest BCUT2D eigenvalue weighted by atomic mass is 10.1. The molecule has 0 spiro atoms. The summed E-state index contributed by atoms with van der Waals surface area (Å²) in [5.74, 6) is 1.60. The molecule has 152 valence electrons. The number of benzene rings is 1. The van der Waals surface area contributed by atoms with Gasteiger partial charge in [-0.3, -0.25) is 0 Å². The lowest BCUT2D eigenvalue weighted by molar-refractivity contribution is -0.0320. The van der Waals surface area contributed by atoms with Crippen LogP contribution in [0.4, 0.5) is 0 Å². The highest BCUT2D eigenvalue weighted by molar-refractivity contribution is 6.30. The summed E-state index contributed by atoms with van der Waals surface area (Å²) < 4.78 is 17.1. The van der Waals surface area contributed by atoms with Gasteiger partial charge in [-0.1, -0.05) is 11.6 Å². The third-order valence-electron chi connectivity index (χ3n) is 4.14. The molecule has 2 rings (SSSR count). The topological polar surface area (TPSA) is 64.1 Å². The molecule has 0 saturated carbocycles. The van der Waals surface area contributed by atoms with E-state index in [4.69, 9.17) is 25.8 Å². The van der Waals surface area contributed by atoms with Crippen molar-refractivity contribution in [1.82, 2.24) is 10.6 Å². The second-order valence-corrected chi connectivity index (χ2v) is 7.00. The van der Waals surface area contributed by atoms with E-state index in [-0.39, 0.29) is 6.10 Å². The van der Waals surface area contributed by atoms with Gasteiger partial charge in [-0.25, -0.2) is 4.99 Å². The molecule has 1 aromatic carbocycles. The first-order valence-corrected chi connectivity index (χ1v) is 10.2. The minimum absolute atomic E-state index is 0.0292. The van der Waals surface area contributed by atoms with Gasteiger partial charge in [0.25, 0.3) is 0 Å². The summed E-state index contributed by atoms with van der Waals surface area (Å²) >= 11 is 5.89. The maximum atomic E-state index is 5.89. The third-order valence-corrected chi connectivity index (χ3v) is 4.39. The van der Waals surface area contributed by atoms with Crippen molar-refractivity contribution in [3.8, 4) is 5.75 Å². The van der Waals surface area contributed by atoms with Crippen LogP contribution in [-0.4, -0.2) is 57.6 Å². The molecule has 7 heteroatoms. The van der Waals surface area contributed by atoms with Crippen LogP contribution in [0.15, 0.2) is 29.3 Å². The van der Waals surface area contributed by atoms with Gasteiger partial charge in [-0.2, -0.15) is 0 Å². The number of rotatable bonds is 10. The van der Waals surface area contributed by atoms with Crippen molar-refractivity contribution in [2.24, 2.45) is 4.99 Å². The summed E-state index contributed by atoms with van der Waals surface area (Å²) in [7, 11) is 0. The van der Waals surface area contributed by atoms with Crippen LogP contribution in [0.25, 0.3) is 0 Å². The zero-order chi connectivity index (χ0) is 19.3. The quantitative estimate of drug-likeness (QED) is 0.360. The van der Waals surface area contributed by atoms with Crippen LogP contribution in [0.3, 0.4) is 0 Å².